The molecule has 1 N–H and O–H groups in total. The molecule has 2 fully saturated rings. The smallest absolute Gasteiger partial charge is 0.260 e. The first-order valence-corrected chi connectivity index (χ1v) is 6.76. The van der Waals surface area contributed by atoms with Crippen molar-refractivity contribution in [2.24, 2.45) is 5.92 Å². The number of halogens is 3. The molecule has 4 nitrogen and oxygen atoms in total. The monoisotopic (exact) mass is 300 g/mol. The summed E-state index contributed by atoms with van der Waals surface area (Å²) in [6, 6.07) is 0.603. The number of nitrogens with one attached hydrogen (secondary N) is 1. The fourth-order valence-corrected chi connectivity index (χ4v) is 3.12. The number of ether oxygens (including phenoxy) is 1. The topological polar surface area (TPSA) is 41.6 Å². The number of piperidine rings is 1. The molecule has 2 unspecified atom stereocenters. The quantitative estimate of drug-likeness (QED) is 0.843. The number of amides is 1. The summed E-state index contributed by atoms with van der Waals surface area (Å²) < 4.78 is 46.2. The summed E-state index contributed by atoms with van der Waals surface area (Å²) in [7, 11) is 1.11. The fraction of sp³-hybridized carbons (Fsp3) is 0.500. The summed E-state index contributed by atoms with van der Waals surface area (Å²) in [5.74, 6) is -5.02. The molecule has 1 aromatic carbocycles. The van der Waals surface area contributed by atoms with Gasteiger partial charge in [0, 0.05) is 25.2 Å². The summed E-state index contributed by atoms with van der Waals surface area (Å²) in [5.41, 5.74) is -0.846. The number of benzene rings is 1. The van der Waals surface area contributed by atoms with Crippen LogP contribution < -0.4 is 10.1 Å². The van der Waals surface area contributed by atoms with E-state index in [0.717, 1.165) is 20.1 Å². The molecule has 1 aromatic rings. The van der Waals surface area contributed by atoms with E-state index >= 15 is 0 Å². The lowest BCUT2D eigenvalue weighted by Crippen LogP contribution is -2.42. The van der Waals surface area contributed by atoms with Gasteiger partial charge in [-0.25, -0.2) is 8.78 Å². The van der Waals surface area contributed by atoms with E-state index in [1.54, 1.807) is 0 Å². The van der Waals surface area contributed by atoms with Crippen LogP contribution in [0.2, 0.25) is 0 Å². The summed E-state index contributed by atoms with van der Waals surface area (Å²) in [4.78, 5) is 13.8. The molecule has 2 atom stereocenters. The molecule has 0 saturated carbocycles. The molecular formula is C14H15F3N2O2. The van der Waals surface area contributed by atoms with Crippen molar-refractivity contribution >= 4 is 5.91 Å². The van der Waals surface area contributed by atoms with Crippen LogP contribution in [0.4, 0.5) is 13.2 Å². The molecule has 3 rings (SSSR count). The molecule has 7 heteroatoms. The Morgan fingerprint density at radius 1 is 1.33 bits per heavy atom. The predicted molar refractivity (Wildman–Crippen MR) is 68.7 cm³/mol. The first-order valence-electron chi connectivity index (χ1n) is 6.76. The van der Waals surface area contributed by atoms with Crippen molar-refractivity contribution in [2.45, 2.75) is 12.5 Å². The first kappa shape index (κ1) is 14.2. The van der Waals surface area contributed by atoms with Crippen LogP contribution in [0.1, 0.15) is 16.8 Å². The number of methoxy groups -OCH3 is 1. The molecule has 1 amide bonds. The van der Waals surface area contributed by atoms with Crippen LogP contribution in [-0.2, 0) is 0 Å². The number of likely N-dealkylation sites (tertiary alicyclic amines) is 1. The maximum atomic E-state index is 14.0. The number of fused-ring (bicyclic) bond motifs is 2. The molecule has 2 aliphatic heterocycles. The van der Waals surface area contributed by atoms with E-state index < -0.39 is 34.7 Å². The lowest BCUT2D eigenvalue weighted by atomic mass is 10.0. The van der Waals surface area contributed by atoms with Crippen LogP contribution in [0, 0.1) is 23.4 Å². The average molecular weight is 300 g/mol. The summed E-state index contributed by atoms with van der Waals surface area (Å²) in [6.07, 6.45) is 0.806. The molecule has 0 aromatic heterocycles. The molecule has 2 bridgehead atoms. The highest BCUT2D eigenvalue weighted by atomic mass is 19.2. The lowest BCUT2D eigenvalue weighted by molar-refractivity contribution is 0.0728. The average Bonchev–Trinajstić information content (AvgIpc) is 2.77. The predicted octanol–water partition coefficient (Wildman–Crippen LogP) is 1.55. The van der Waals surface area contributed by atoms with Crippen LogP contribution in [0.5, 0.6) is 5.75 Å². The van der Waals surface area contributed by atoms with Gasteiger partial charge in [-0.15, -0.1) is 0 Å². The molecular weight excluding hydrogens is 285 g/mol. The first-order chi connectivity index (χ1) is 10.0. The van der Waals surface area contributed by atoms with E-state index in [9.17, 15) is 18.0 Å². The summed E-state index contributed by atoms with van der Waals surface area (Å²) >= 11 is 0. The van der Waals surface area contributed by atoms with Gasteiger partial charge in [0.25, 0.3) is 5.91 Å². The third-order valence-electron chi connectivity index (χ3n) is 4.13. The van der Waals surface area contributed by atoms with Crippen LogP contribution in [0.25, 0.3) is 0 Å². The van der Waals surface area contributed by atoms with E-state index in [4.69, 9.17) is 0 Å². The van der Waals surface area contributed by atoms with Crippen molar-refractivity contribution in [3.8, 4) is 5.75 Å². The van der Waals surface area contributed by atoms with Gasteiger partial charge < -0.3 is 15.0 Å². The number of rotatable bonds is 2. The Kier molecular flexibility index (Phi) is 3.52. The minimum Gasteiger partial charge on any atom is -0.493 e. The molecule has 2 heterocycles. The third kappa shape index (κ3) is 2.25. The van der Waals surface area contributed by atoms with Gasteiger partial charge >= 0.3 is 0 Å². The molecule has 0 spiro atoms. The van der Waals surface area contributed by atoms with Crippen LogP contribution in [0.15, 0.2) is 6.07 Å². The van der Waals surface area contributed by atoms with E-state index in [-0.39, 0.29) is 12.0 Å². The molecule has 0 radical (unpaired) electrons. The second-order valence-corrected chi connectivity index (χ2v) is 5.43. The van der Waals surface area contributed by atoms with E-state index in [1.807, 2.05) is 0 Å². The number of hydrogen-bond acceptors (Lipinski definition) is 3. The van der Waals surface area contributed by atoms with E-state index in [1.165, 1.54) is 4.90 Å². The van der Waals surface area contributed by atoms with E-state index in [2.05, 4.69) is 10.1 Å². The Hall–Kier alpha value is -1.76. The normalized spacial score (nSPS) is 24.3. The van der Waals surface area contributed by atoms with Crippen molar-refractivity contribution < 1.29 is 22.7 Å². The standard InChI is InChI=1S/C14H15F3N2O2/c1-21-10-3-9(15)11(13(17)12(10)16)14(20)19-6-7-2-8(19)5-18-4-7/h3,7-8,18H,2,4-6H2,1H3. The minimum atomic E-state index is -1.49. The van der Waals surface area contributed by atoms with E-state index in [0.29, 0.717) is 19.2 Å². The number of nitrogens with zero attached hydrogens (tertiary/aromatic N) is 1. The second kappa shape index (κ2) is 5.22. The Morgan fingerprint density at radius 3 is 2.76 bits per heavy atom. The Bertz CT molecular complexity index is 594. The molecule has 114 valence electrons. The second-order valence-electron chi connectivity index (χ2n) is 5.43. The van der Waals surface area contributed by atoms with Crippen LogP contribution in [-0.4, -0.2) is 43.6 Å². The lowest BCUT2D eigenvalue weighted by Gasteiger charge is -2.25. The SMILES string of the molecule is COc1cc(F)c(C(=O)N2CC3CNCC2C3)c(F)c1F. The minimum absolute atomic E-state index is 0.0970. The maximum absolute atomic E-state index is 14.0. The third-order valence-corrected chi connectivity index (χ3v) is 4.13. The van der Waals surface area contributed by atoms with Crippen molar-refractivity contribution in [2.75, 3.05) is 26.7 Å². The van der Waals surface area contributed by atoms with Crippen molar-refractivity contribution in [3.63, 3.8) is 0 Å². The highest BCUT2D eigenvalue weighted by Gasteiger charge is 2.40. The number of carbonyl (C=O) groups excluding carboxylic acids is 1. The van der Waals surface area contributed by atoms with Gasteiger partial charge in [-0.2, -0.15) is 4.39 Å². The largest absolute Gasteiger partial charge is 0.493 e. The highest BCUT2D eigenvalue weighted by Crippen LogP contribution is 2.31. The molecule has 0 aliphatic carbocycles. The van der Waals surface area contributed by atoms with Gasteiger partial charge in [0.15, 0.2) is 11.6 Å². The Balaban J connectivity index is 1.97. The van der Waals surface area contributed by atoms with Crippen molar-refractivity contribution in [1.29, 1.82) is 0 Å². The van der Waals surface area contributed by atoms with Gasteiger partial charge in [-0.1, -0.05) is 0 Å². The van der Waals surface area contributed by atoms with Gasteiger partial charge in [0.1, 0.15) is 11.4 Å². The molecule has 21 heavy (non-hydrogen) atoms. The fourth-order valence-electron chi connectivity index (χ4n) is 3.12. The van der Waals surface area contributed by atoms with Crippen molar-refractivity contribution in [3.05, 3.63) is 29.1 Å². The Morgan fingerprint density at radius 2 is 2.10 bits per heavy atom. The number of carbonyl (C=O) groups is 1. The van der Waals surface area contributed by atoms with Gasteiger partial charge in [-0.3, -0.25) is 4.79 Å². The number of hydrogen-bond donors (Lipinski definition) is 1. The Labute approximate surface area is 119 Å². The van der Waals surface area contributed by atoms with Crippen LogP contribution in [0.3, 0.4) is 0 Å². The van der Waals surface area contributed by atoms with Gasteiger partial charge in [-0.05, 0) is 18.9 Å². The highest BCUT2D eigenvalue weighted by molar-refractivity contribution is 5.95. The molecule has 2 aliphatic rings. The summed E-state index contributed by atoms with van der Waals surface area (Å²) in [5, 5.41) is 3.17. The maximum Gasteiger partial charge on any atom is 0.260 e. The van der Waals surface area contributed by atoms with Gasteiger partial charge in [0.05, 0.1) is 7.11 Å². The zero-order chi connectivity index (χ0) is 15.1. The zero-order valence-electron chi connectivity index (χ0n) is 11.5. The summed E-state index contributed by atoms with van der Waals surface area (Å²) in [6.45, 7) is 1.80. The van der Waals surface area contributed by atoms with Gasteiger partial charge in [0.2, 0.25) is 5.82 Å². The zero-order valence-corrected chi connectivity index (χ0v) is 11.5. The van der Waals surface area contributed by atoms with Crippen LogP contribution >= 0.6 is 0 Å². The molecule has 2 saturated heterocycles. The van der Waals surface area contributed by atoms with Crippen molar-refractivity contribution in [1.82, 2.24) is 10.2 Å².